The molecule has 0 atom stereocenters. The first-order chi connectivity index (χ1) is 8.56. The lowest BCUT2D eigenvalue weighted by atomic mass is 10.2. The maximum absolute atomic E-state index is 6.14. The van der Waals surface area contributed by atoms with E-state index in [-0.39, 0.29) is 0 Å². The van der Waals surface area contributed by atoms with E-state index in [1.807, 2.05) is 30.3 Å². The van der Waals surface area contributed by atoms with Gasteiger partial charge in [0.15, 0.2) is 0 Å². The van der Waals surface area contributed by atoms with Crippen molar-refractivity contribution < 1.29 is 0 Å². The number of anilines is 1. The van der Waals surface area contributed by atoms with Gasteiger partial charge in [-0.25, -0.2) is 0 Å². The van der Waals surface area contributed by atoms with Crippen molar-refractivity contribution >= 4 is 63.1 Å². The average molecular weight is 412 g/mol. The molecule has 0 spiro atoms. The molecule has 0 amide bonds. The van der Waals surface area contributed by atoms with Gasteiger partial charge in [-0.1, -0.05) is 40.9 Å². The van der Waals surface area contributed by atoms with Crippen molar-refractivity contribution in [1.82, 2.24) is 0 Å². The summed E-state index contributed by atoms with van der Waals surface area (Å²) in [6.45, 7) is 0.607. The Morgan fingerprint density at radius 3 is 2.39 bits per heavy atom. The van der Waals surface area contributed by atoms with Crippen LogP contribution < -0.4 is 5.32 Å². The molecule has 2 aromatic rings. The smallest absolute Gasteiger partial charge is 0.0648 e. The molecule has 0 saturated carbocycles. The molecule has 0 bridgehead atoms. The minimum atomic E-state index is 0.607. The molecule has 18 heavy (non-hydrogen) atoms. The van der Waals surface area contributed by atoms with Crippen LogP contribution >= 0.6 is 57.4 Å². The molecule has 0 radical (unpaired) electrons. The van der Waals surface area contributed by atoms with Gasteiger partial charge in [-0.05, 0) is 58.5 Å². The second kappa shape index (κ2) is 6.33. The third kappa shape index (κ3) is 3.67. The molecule has 2 rings (SSSR count). The standard InChI is InChI=1S/C13H9Cl3IN/c14-9-2-1-8(11(15)5-9)7-18-13-4-3-10(17)6-12(13)16/h1-6,18H,7H2. The van der Waals surface area contributed by atoms with Gasteiger partial charge in [0, 0.05) is 20.2 Å². The fraction of sp³-hybridized carbons (Fsp3) is 0.0769. The first kappa shape index (κ1) is 14.3. The van der Waals surface area contributed by atoms with Crippen LogP contribution in [0.1, 0.15) is 5.56 Å². The zero-order valence-electron chi connectivity index (χ0n) is 9.18. The molecule has 0 heterocycles. The highest BCUT2D eigenvalue weighted by Crippen LogP contribution is 2.26. The van der Waals surface area contributed by atoms with Gasteiger partial charge in [0.05, 0.1) is 10.7 Å². The lowest BCUT2D eigenvalue weighted by molar-refractivity contribution is 1.15. The molecule has 0 unspecified atom stereocenters. The van der Waals surface area contributed by atoms with Gasteiger partial charge in [0.25, 0.3) is 0 Å². The number of benzene rings is 2. The molecule has 0 saturated heterocycles. The minimum absolute atomic E-state index is 0.607. The van der Waals surface area contributed by atoms with Gasteiger partial charge in [0.1, 0.15) is 0 Å². The third-order valence-corrected chi connectivity index (χ3v) is 3.99. The van der Waals surface area contributed by atoms with Gasteiger partial charge in [-0.3, -0.25) is 0 Å². The van der Waals surface area contributed by atoms with Crippen LogP contribution in [-0.2, 0) is 6.54 Å². The van der Waals surface area contributed by atoms with Crippen LogP contribution in [0.5, 0.6) is 0 Å². The van der Waals surface area contributed by atoms with Gasteiger partial charge >= 0.3 is 0 Å². The van der Waals surface area contributed by atoms with E-state index in [4.69, 9.17) is 34.8 Å². The lowest BCUT2D eigenvalue weighted by Crippen LogP contribution is -2.00. The van der Waals surface area contributed by atoms with Crippen LogP contribution in [0.2, 0.25) is 15.1 Å². The first-order valence-electron chi connectivity index (χ1n) is 5.19. The van der Waals surface area contributed by atoms with E-state index in [1.54, 1.807) is 6.07 Å². The van der Waals surface area contributed by atoms with Crippen LogP contribution in [0, 0.1) is 3.57 Å². The summed E-state index contributed by atoms with van der Waals surface area (Å²) in [6, 6.07) is 11.3. The number of halogens is 4. The highest BCUT2D eigenvalue weighted by atomic mass is 127. The van der Waals surface area contributed by atoms with E-state index >= 15 is 0 Å². The first-order valence-corrected chi connectivity index (χ1v) is 7.40. The minimum Gasteiger partial charge on any atom is -0.380 e. The van der Waals surface area contributed by atoms with Crippen molar-refractivity contribution in [2.45, 2.75) is 6.54 Å². The van der Waals surface area contributed by atoms with Gasteiger partial charge < -0.3 is 5.32 Å². The molecule has 1 nitrogen and oxygen atoms in total. The summed E-state index contributed by atoms with van der Waals surface area (Å²) in [5.74, 6) is 0. The van der Waals surface area contributed by atoms with E-state index in [2.05, 4.69) is 27.9 Å². The summed E-state index contributed by atoms with van der Waals surface area (Å²) in [5.41, 5.74) is 1.87. The SMILES string of the molecule is Clc1ccc(CNc2ccc(I)cc2Cl)c(Cl)c1. The van der Waals surface area contributed by atoms with E-state index in [0.29, 0.717) is 21.6 Å². The van der Waals surface area contributed by atoms with Crippen LogP contribution in [0.15, 0.2) is 36.4 Å². The molecule has 0 aromatic heterocycles. The Morgan fingerprint density at radius 1 is 0.944 bits per heavy atom. The van der Waals surface area contributed by atoms with Crippen molar-refractivity contribution in [3.05, 3.63) is 60.6 Å². The third-order valence-electron chi connectivity index (χ3n) is 2.42. The molecule has 0 aliphatic rings. The molecule has 94 valence electrons. The Morgan fingerprint density at radius 2 is 1.72 bits per heavy atom. The van der Waals surface area contributed by atoms with Crippen molar-refractivity contribution in [3.63, 3.8) is 0 Å². The van der Waals surface area contributed by atoms with Crippen LogP contribution in [0.3, 0.4) is 0 Å². The lowest BCUT2D eigenvalue weighted by Gasteiger charge is -2.10. The maximum atomic E-state index is 6.14. The molecule has 0 aliphatic carbocycles. The molecule has 1 N–H and O–H groups in total. The van der Waals surface area contributed by atoms with Crippen molar-refractivity contribution in [2.24, 2.45) is 0 Å². The van der Waals surface area contributed by atoms with Crippen LogP contribution in [0.25, 0.3) is 0 Å². The number of hydrogen-bond donors (Lipinski definition) is 1. The maximum Gasteiger partial charge on any atom is 0.0648 e. The Bertz CT molecular complexity index is 521. The molecule has 0 aliphatic heterocycles. The van der Waals surface area contributed by atoms with E-state index < -0.39 is 0 Å². The molecule has 0 fully saturated rings. The molecule has 5 heteroatoms. The fourth-order valence-electron chi connectivity index (χ4n) is 1.49. The summed E-state index contributed by atoms with van der Waals surface area (Å²) >= 11 is 20.3. The van der Waals surface area contributed by atoms with Crippen LogP contribution in [0.4, 0.5) is 5.69 Å². The predicted octanol–water partition coefficient (Wildman–Crippen LogP) is 5.86. The number of hydrogen-bond acceptors (Lipinski definition) is 1. The zero-order chi connectivity index (χ0) is 13.1. The summed E-state index contributed by atoms with van der Waals surface area (Å²) < 4.78 is 1.10. The van der Waals surface area contributed by atoms with Crippen LogP contribution in [-0.4, -0.2) is 0 Å². The Labute approximate surface area is 135 Å². The Balaban J connectivity index is 2.11. The summed E-state index contributed by atoms with van der Waals surface area (Å²) in [5, 5.41) is 5.24. The zero-order valence-corrected chi connectivity index (χ0v) is 13.6. The van der Waals surface area contributed by atoms with Crippen molar-refractivity contribution in [1.29, 1.82) is 0 Å². The normalized spacial score (nSPS) is 10.4. The summed E-state index contributed by atoms with van der Waals surface area (Å²) in [6.07, 6.45) is 0. The molecular weight excluding hydrogens is 403 g/mol. The second-order valence-electron chi connectivity index (χ2n) is 3.71. The van der Waals surface area contributed by atoms with Gasteiger partial charge in [-0.15, -0.1) is 0 Å². The van der Waals surface area contributed by atoms with Gasteiger partial charge in [0.2, 0.25) is 0 Å². The monoisotopic (exact) mass is 411 g/mol. The molecule has 2 aromatic carbocycles. The summed E-state index contributed by atoms with van der Waals surface area (Å²) in [4.78, 5) is 0. The van der Waals surface area contributed by atoms with E-state index in [1.165, 1.54) is 0 Å². The second-order valence-corrected chi connectivity index (χ2v) is 6.21. The highest BCUT2D eigenvalue weighted by Gasteiger charge is 2.04. The Kier molecular flexibility index (Phi) is 5.01. The Hall–Kier alpha value is -0.160. The topological polar surface area (TPSA) is 12.0 Å². The molecular formula is C13H9Cl3IN. The number of rotatable bonds is 3. The summed E-state index contributed by atoms with van der Waals surface area (Å²) in [7, 11) is 0. The quantitative estimate of drug-likeness (QED) is 0.623. The highest BCUT2D eigenvalue weighted by molar-refractivity contribution is 14.1. The number of nitrogens with one attached hydrogen (secondary N) is 1. The van der Waals surface area contributed by atoms with E-state index in [0.717, 1.165) is 14.8 Å². The van der Waals surface area contributed by atoms with E-state index in [9.17, 15) is 0 Å². The van der Waals surface area contributed by atoms with Gasteiger partial charge in [-0.2, -0.15) is 0 Å². The predicted molar refractivity (Wildman–Crippen MR) is 88.0 cm³/mol. The fourth-order valence-corrected chi connectivity index (χ4v) is 2.89. The average Bonchev–Trinajstić information content (AvgIpc) is 2.30. The largest absolute Gasteiger partial charge is 0.380 e. The van der Waals surface area contributed by atoms with Crippen molar-refractivity contribution in [2.75, 3.05) is 5.32 Å². The van der Waals surface area contributed by atoms with Crippen molar-refractivity contribution in [3.8, 4) is 0 Å².